The summed E-state index contributed by atoms with van der Waals surface area (Å²) in [7, 11) is 0. The van der Waals surface area contributed by atoms with Gasteiger partial charge < -0.3 is 9.72 Å². The normalized spacial score (nSPS) is 17.6. The second kappa shape index (κ2) is 5.77. The maximum absolute atomic E-state index is 5.82. The van der Waals surface area contributed by atoms with Crippen molar-refractivity contribution in [3.8, 4) is 0 Å². The lowest BCUT2D eigenvalue weighted by molar-refractivity contribution is 0.0384. The highest BCUT2D eigenvalue weighted by Crippen LogP contribution is 2.09. The highest BCUT2D eigenvalue weighted by molar-refractivity contribution is 7.71. The van der Waals surface area contributed by atoms with E-state index < -0.39 is 0 Å². The monoisotopic (exact) mass is 258 g/mol. The zero-order chi connectivity index (χ0) is 11.4. The summed E-state index contributed by atoms with van der Waals surface area (Å²) >= 11 is 11.0. The third-order valence-corrected chi connectivity index (χ3v) is 3.34. The molecule has 2 rings (SSSR count). The predicted molar refractivity (Wildman–Crippen MR) is 67.6 cm³/mol. The number of hydrogen-bond donors (Lipinski definition) is 1. The van der Waals surface area contributed by atoms with Crippen molar-refractivity contribution in [2.24, 2.45) is 0 Å². The number of ether oxygens (including phenoxy) is 1. The smallest absolute Gasteiger partial charge is 0.107 e. The predicted octanol–water partition coefficient (Wildman–Crippen LogP) is 2.27. The van der Waals surface area contributed by atoms with Crippen molar-refractivity contribution in [3.05, 3.63) is 27.5 Å². The number of nitrogens with zero attached hydrogens (tertiary/aromatic N) is 1. The highest BCUT2D eigenvalue weighted by atomic mass is 35.5. The number of H-pyrrole nitrogens is 1. The Bertz CT molecular complexity index is 401. The summed E-state index contributed by atoms with van der Waals surface area (Å²) in [6.45, 7) is 4.75. The molecular weight excluding hydrogens is 244 g/mol. The van der Waals surface area contributed by atoms with Gasteiger partial charge in [0.1, 0.15) is 9.79 Å². The number of halogens is 1. The van der Waals surface area contributed by atoms with E-state index in [0.29, 0.717) is 5.15 Å². The van der Waals surface area contributed by atoms with Gasteiger partial charge in [-0.15, -0.1) is 0 Å². The van der Waals surface area contributed by atoms with Crippen molar-refractivity contribution in [3.63, 3.8) is 0 Å². The molecule has 1 aromatic heterocycles. The first-order valence-electron chi connectivity index (χ1n) is 5.43. The van der Waals surface area contributed by atoms with Crippen LogP contribution in [0.25, 0.3) is 0 Å². The van der Waals surface area contributed by atoms with Gasteiger partial charge in [0.15, 0.2) is 0 Å². The minimum absolute atomic E-state index is 0.597. The summed E-state index contributed by atoms with van der Waals surface area (Å²) in [5.74, 6) is 0. The molecule has 1 N–H and O–H groups in total. The Morgan fingerprint density at radius 1 is 1.38 bits per heavy atom. The maximum atomic E-state index is 5.82. The molecule has 0 spiro atoms. The van der Waals surface area contributed by atoms with Gasteiger partial charge in [0, 0.05) is 19.6 Å². The first-order chi connectivity index (χ1) is 7.75. The minimum Gasteiger partial charge on any atom is -0.379 e. The molecular formula is C11H15ClN2OS. The van der Waals surface area contributed by atoms with Crippen LogP contribution < -0.4 is 0 Å². The largest absolute Gasteiger partial charge is 0.379 e. The van der Waals surface area contributed by atoms with Gasteiger partial charge in [0.25, 0.3) is 0 Å². The SMILES string of the molecule is S=c1[nH]c(Cl)ccc1CCN1CCOCC1. The summed E-state index contributed by atoms with van der Waals surface area (Å²) < 4.78 is 6.06. The van der Waals surface area contributed by atoms with Crippen molar-refractivity contribution in [2.75, 3.05) is 32.8 Å². The van der Waals surface area contributed by atoms with Gasteiger partial charge in [-0.1, -0.05) is 29.9 Å². The Kier molecular flexibility index (Phi) is 4.35. The van der Waals surface area contributed by atoms with Crippen molar-refractivity contribution < 1.29 is 4.74 Å². The summed E-state index contributed by atoms with van der Waals surface area (Å²) in [4.78, 5) is 5.36. The number of pyridine rings is 1. The van der Waals surface area contributed by atoms with Gasteiger partial charge in [-0.05, 0) is 18.1 Å². The molecule has 0 atom stereocenters. The third-order valence-electron chi connectivity index (χ3n) is 2.76. The van der Waals surface area contributed by atoms with Gasteiger partial charge in [-0.25, -0.2) is 0 Å². The van der Waals surface area contributed by atoms with Crippen LogP contribution in [0.15, 0.2) is 12.1 Å². The molecule has 1 aliphatic rings. The second-order valence-electron chi connectivity index (χ2n) is 3.86. The van der Waals surface area contributed by atoms with Crippen LogP contribution in [0.1, 0.15) is 5.56 Å². The lowest BCUT2D eigenvalue weighted by Crippen LogP contribution is -2.37. The van der Waals surface area contributed by atoms with Crippen molar-refractivity contribution in [2.45, 2.75) is 6.42 Å². The third kappa shape index (κ3) is 3.28. The average molecular weight is 259 g/mol. The Morgan fingerprint density at radius 3 is 2.81 bits per heavy atom. The molecule has 0 aromatic carbocycles. The van der Waals surface area contributed by atoms with E-state index >= 15 is 0 Å². The van der Waals surface area contributed by atoms with E-state index in [1.807, 2.05) is 12.1 Å². The number of hydrogen-bond acceptors (Lipinski definition) is 3. The molecule has 1 aromatic rings. The van der Waals surface area contributed by atoms with E-state index in [1.54, 1.807) is 0 Å². The van der Waals surface area contributed by atoms with E-state index in [9.17, 15) is 0 Å². The van der Waals surface area contributed by atoms with Crippen LogP contribution in [0, 0.1) is 4.64 Å². The van der Waals surface area contributed by atoms with Gasteiger partial charge in [0.2, 0.25) is 0 Å². The van der Waals surface area contributed by atoms with Crippen LogP contribution in [0.2, 0.25) is 5.15 Å². The molecule has 16 heavy (non-hydrogen) atoms. The number of nitrogens with one attached hydrogen (secondary N) is 1. The lowest BCUT2D eigenvalue weighted by atomic mass is 10.2. The highest BCUT2D eigenvalue weighted by Gasteiger charge is 2.10. The molecule has 2 heterocycles. The van der Waals surface area contributed by atoms with E-state index in [4.69, 9.17) is 28.6 Å². The van der Waals surface area contributed by atoms with Gasteiger partial charge in [-0.3, -0.25) is 4.90 Å². The standard InChI is InChI=1S/C11H15ClN2OS/c12-10-2-1-9(11(16)13-10)3-4-14-5-7-15-8-6-14/h1-2H,3-8H2,(H,13,16). The summed E-state index contributed by atoms with van der Waals surface area (Å²) in [6, 6.07) is 3.85. The number of rotatable bonds is 3. The van der Waals surface area contributed by atoms with Crippen molar-refractivity contribution >= 4 is 23.8 Å². The molecule has 0 aliphatic carbocycles. The average Bonchev–Trinajstić information content (AvgIpc) is 2.29. The van der Waals surface area contributed by atoms with Gasteiger partial charge in [-0.2, -0.15) is 0 Å². The first kappa shape index (κ1) is 12.0. The number of aromatic amines is 1. The number of morpholine rings is 1. The summed E-state index contributed by atoms with van der Waals surface area (Å²) in [5.41, 5.74) is 1.16. The minimum atomic E-state index is 0.597. The maximum Gasteiger partial charge on any atom is 0.107 e. The summed E-state index contributed by atoms with van der Waals surface area (Å²) in [5, 5.41) is 0.597. The number of aromatic nitrogens is 1. The molecule has 0 bridgehead atoms. The van der Waals surface area contributed by atoms with Crippen LogP contribution in [-0.4, -0.2) is 42.7 Å². The Morgan fingerprint density at radius 2 is 2.12 bits per heavy atom. The first-order valence-corrected chi connectivity index (χ1v) is 6.22. The topological polar surface area (TPSA) is 28.3 Å². The Labute approximate surface area is 105 Å². The van der Waals surface area contributed by atoms with Crippen LogP contribution in [-0.2, 0) is 11.2 Å². The van der Waals surface area contributed by atoms with Crippen molar-refractivity contribution in [1.82, 2.24) is 9.88 Å². The molecule has 0 amide bonds. The molecule has 0 unspecified atom stereocenters. The van der Waals surface area contributed by atoms with Gasteiger partial charge in [0.05, 0.1) is 13.2 Å². The van der Waals surface area contributed by atoms with Crippen molar-refractivity contribution in [1.29, 1.82) is 0 Å². The molecule has 3 nitrogen and oxygen atoms in total. The Balaban J connectivity index is 1.91. The van der Waals surface area contributed by atoms with Crippen LogP contribution >= 0.6 is 23.8 Å². The Hall–Kier alpha value is -0.420. The van der Waals surface area contributed by atoms with Crippen LogP contribution in [0.3, 0.4) is 0 Å². The van der Waals surface area contributed by atoms with E-state index in [2.05, 4.69) is 9.88 Å². The molecule has 0 radical (unpaired) electrons. The van der Waals surface area contributed by atoms with E-state index in [-0.39, 0.29) is 0 Å². The zero-order valence-corrected chi connectivity index (χ0v) is 10.6. The zero-order valence-electron chi connectivity index (χ0n) is 9.04. The fourth-order valence-electron chi connectivity index (χ4n) is 1.78. The fourth-order valence-corrected chi connectivity index (χ4v) is 2.27. The van der Waals surface area contributed by atoms with E-state index in [0.717, 1.165) is 49.5 Å². The molecule has 88 valence electrons. The molecule has 1 aliphatic heterocycles. The second-order valence-corrected chi connectivity index (χ2v) is 4.68. The molecule has 1 fully saturated rings. The summed E-state index contributed by atoms with van der Waals surface area (Å²) in [6.07, 6.45) is 0.965. The van der Waals surface area contributed by atoms with E-state index in [1.165, 1.54) is 0 Å². The van der Waals surface area contributed by atoms with Crippen LogP contribution in [0.5, 0.6) is 0 Å². The van der Waals surface area contributed by atoms with Gasteiger partial charge >= 0.3 is 0 Å². The quantitative estimate of drug-likeness (QED) is 0.666. The lowest BCUT2D eigenvalue weighted by Gasteiger charge is -2.26. The molecule has 0 saturated carbocycles. The molecule has 1 saturated heterocycles. The van der Waals surface area contributed by atoms with Crippen LogP contribution in [0.4, 0.5) is 0 Å². The molecule has 5 heteroatoms. The fraction of sp³-hybridized carbons (Fsp3) is 0.545.